The molecule has 0 fully saturated rings. The molecule has 0 atom stereocenters. The van der Waals surface area contributed by atoms with Gasteiger partial charge in [-0.2, -0.15) is 0 Å². The number of carbonyl (C=O) groups excluding carboxylic acids is 1. The number of methoxy groups -OCH3 is 3. The number of aryl methyl sites for hydroxylation is 1. The van der Waals surface area contributed by atoms with Gasteiger partial charge < -0.3 is 14.2 Å². The van der Waals surface area contributed by atoms with Crippen LogP contribution in [0.5, 0.6) is 17.2 Å². The van der Waals surface area contributed by atoms with Crippen molar-refractivity contribution in [2.75, 3.05) is 21.3 Å². The molecule has 5 heteroatoms. The molecule has 1 aliphatic carbocycles. The van der Waals surface area contributed by atoms with Crippen LogP contribution in [0.25, 0.3) is 5.03 Å². The third-order valence-electron chi connectivity index (χ3n) is 4.60. The Bertz CT molecular complexity index is 928. The van der Waals surface area contributed by atoms with Crippen molar-refractivity contribution in [2.45, 2.75) is 12.8 Å². The fourth-order valence-electron chi connectivity index (χ4n) is 3.09. The molecule has 0 saturated carbocycles. The Morgan fingerprint density at radius 3 is 2.37 bits per heavy atom. The Hall–Kier alpha value is -2.72. The lowest BCUT2D eigenvalue weighted by atomic mass is 9.91. The van der Waals surface area contributed by atoms with E-state index < -0.39 is 0 Å². The fourth-order valence-corrected chi connectivity index (χ4v) is 3.44. The molecule has 0 unspecified atom stereocenters. The second kappa shape index (κ2) is 8.31. The van der Waals surface area contributed by atoms with Crippen molar-refractivity contribution in [2.24, 2.45) is 0 Å². The van der Waals surface area contributed by atoms with Gasteiger partial charge in [0.1, 0.15) is 17.2 Å². The minimum atomic E-state index is -0.146. The fraction of sp³-hybridized carbons (Fsp3) is 0.227. The molecule has 0 aliphatic heterocycles. The van der Waals surface area contributed by atoms with Gasteiger partial charge in [0, 0.05) is 6.07 Å². The largest absolute Gasteiger partial charge is 0.497 e. The average Bonchev–Trinajstić information content (AvgIpc) is 2.72. The van der Waals surface area contributed by atoms with Crippen LogP contribution in [-0.2, 0) is 6.42 Å². The highest BCUT2D eigenvalue weighted by molar-refractivity contribution is 6.49. The second-order valence-corrected chi connectivity index (χ2v) is 6.50. The van der Waals surface area contributed by atoms with Gasteiger partial charge in [-0.15, -0.1) is 0 Å². The minimum Gasteiger partial charge on any atom is -0.497 e. The summed E-state index contributed by atoms with van der Waals surface area (Å²) in [5.41, 5.74) is 3.56. The van der Waals surface area contributed by atoms with E-state index in [2.05, 4.69) is 0 Å². The zero-order valence-electron chi connectivity index (χ0n) is 15.5. The van der Waals surface area contributed by atoms with Crippen LogP contribution in [0, 0.1) is 0 Å². The van der Waals surface area contributed by atoms with E-state index in [9.17, 15) is 4.79 Å². The summed E-state index contributed by atoms with van der Waals surface area (Å²) < 4.78 is 15.7. The van der Waals surface area contributed by atoms with Gasteiger partial charge in [-0.3, -0.25) is 4.79 Å². The zero-order valence-corrected chi connectivity index (χ0v) is 16.3. The topological polar surface area (TPSA) is 44.8 Å². The van der Waals surface area contributed by atoms with E-state index in [1.807, 2.05) is 18.2 Å². The molecule has 140 valence electrons. The highest BCUT2D eigenvalue weighted by atomic mass is 35.5. The van der Waals surface area contributed by atoms with Gasteiger partial charge in [0.25, 0.3) is 0 Å². The third kappa shape index (κ3) is 4.01. The van der Waals surface area contributed by atoms with Crippen molar-refractivity contribution >= 4 is 22.4 Å². The van der Waals surface area contributed by atoms with Crippen molar-refractivity contribution in [1.29, 1.82) is 0 Å². The van der Waals surface area contributed by atoms with Crippen LogP contribution in [0.15, 0.2) is 54.1 Å². The predicted octanol–water partition coefficient (Wildman–Crippen LogP) is 5.05. The Labute approximate surface area is 164 Å². The number of benzene rings is 2. The molecule has 0 bridgehead atoms. The van der Waals surface area contributed by atoms with Crippen molar-refractivity contribution < 1.29 is 19.0 Å². The zero-order chi connectivity index (χ0) is 19.4. The number of hydrogen-bond acceptors (Lipinski definition) is 4. The number of hydrogen-bond donors (Lipinski definition) is 0. The first-order chi connectivity index (χ1) is 13.1. The summed E-state index contributed by atoms with van der Waals surface area (Å²) in [6.45, 7) is 0. The summed E-state index contributed by atoms with van der Waals surface area (Å²) in [5, 5.41) is 0.671. The Morgan fingerprint density at radius 1 is 0.963 bits per heavy atom. The van der Waals surface area contributed by atoms with Crippen molar-refractivity contribution in [3.63, 3.8) is 0 Å². The van der Waals surface area contributed by atoms with E-state index >= 15 is 0 Å². The number of fused-ring (bicyclic) bond motifs is 1. The lowest BCUT2D eigenvalue weighted by molar-refractivity contribution is 0.104. The first-order valence-electron chi connectivity index (χ1n) is 8.57. The third-order valence-corrected chi connectivity index (χ3v) is 5.05. The van der Waals surface area contributed by atoms with E-state index in [4.69, 9.17) is 25.8 Å². The maximum atomic E-state index is 12.6. The molecule has 0 spiro atoms. The average molecular weight is 385 g/mol. The van der Waals surface area contributed by atoms with Crippen LogP contribution in [0.3, 0.4) is 0 Å². The summed E-state index contributed by atoms with van der Waals surface area (Å²) in [4.78, 5) is 12.6. The van der Waals surface area contributed by atoms with Crippen molar-refractivity contribution in [1.82, 2.24) is 0 Å². The van der Waals surface area contributed by atoms with Gasteiger partial charge in [-0.1, -0.05) is 17.7 Å². The second-order valence-electron chi connectivity index (χ2n) is 6.13. The lowest BCUT2D eigenvalue weighted by Crippen LogP contribution is -2.03. The molecule has 0 heterocycles. The molecule has 0 saturated heterocycles. The summed E-state index contributed by atoms with van der Waals surface area (Å²) in [6, 6.07) is 11.0. The molecule has 2 aromatic carbocycles. The predicted molar refractivity (Wildman–Crippen MR) is 107 cm³/mol. The Morgan fingerprint density at radius 2 is 1.67 bits per heavy atom. The van der Waals surface area contributed by atoms with Crippen LogP contribution in [0.1, 0.15) is 27.9 Å². The van der Waals surface area contributed by atoms with Crippen LogP contribution in [0.2, 0.25) is 0 Å². The highest BCUT2D eigenvalue weighted by Gasteiger charge is 2.17. The minimum absolute atomic E-state index is 0.146. The molecule has 3 rings (SSSR count). The van der Waals surface area contributed by atoms with Gasteiger partial charge in [0.2, 0.25) is 0 Å². The number of allylic oxidation sites excluding steroid dienone is 3. The smallest absolute Gasteiger partial charge is 0.189 e. The van der Waals surface area contributed by atoms with Gasteiger partial charge >= 0.3 is 0 Å². The molecule has 0 radical (unpaired) electrons. The summed E-state index contributed by atoms with van der Waals surface area (Å²) in [6.07, 6.45) is 4.95. The molecule has 27 heavy (non-hydrogen) atoms. The molecular formula is C22H21ClO4. The first-order valence-corrected chi connectivity index (χ1v) is 8.95. The number of rotatable bonds is 6. The molecule has 0 amide bonds. The summed E-state index contributed by atoms with van der Waals surface area (Å²) >= 11 is 6.57. The molecule has 4 nitrogen and oxygen atoms in total. The van der Waals surface area contributed by atoms with Crippen LogP contribution >= 0.6 is 11.6 Å². The van der Waals surface area contributed by atoms with E-state index in [1.165, 1.54) is 13.2 Å². The number of halogens is 1. The molecule has 0 N–H and O–H groups in total. The SMILES string of the molecule is COc1ccc2c(c1)CCC(/C=C/C(=O)c1ccc(OC)cc1OC)=C2Cl. The summed E-state index contributed by atoms with van der Waals surface area (Å²) in [5.74, 6) is 1.79. The van der Waals surface area contributed by atoms with E-state index in [0.29, 0.717) is 22.1 Å². The van der Waals surface area contributed by atoms with Gasteiger partial charge in [-0.05, 0) is 65.9 Å². The normalized spacial score (nSPS) is 13.5. The maximum absolute atomic E-state index is 12.6. The Balaban J connectivity index is 1.86. The van der Waals surface area contributed by atoms with Crippen molar-refractivity contribution in [3.05, 3.63) is 70.8 Å². The van der Waals surface area contributed by atoms with Gasteiger partial charge in [0.15, 0.2) is 5.78 Å². The molecular weight excluding hydrogens is 364 g/mol. The number of ether oxygens (including phenoxy) is 3. The maximum Gasteiger partial charge on any atom is 0.189 e. The molecule has 2 aromatic rings. The quantitative estimate of drug-likeness (QED) is 0.516. The molecule has 1 aliphatic rings. The van der Waals surface area contributed by atoms with Crippen LogP contribution in [0.4, 0.5) is 0 Å². The first kappa shape index (κ1) is 19.1. The van der Waals surface area contributed by atoms with E-state index in [0.717, 1.165) is 35.3 Å². The van der Waals surface area contributed by atoms with Crippen LogP contribution < -0.4 is 14.2 Å². The number of carbonyl (C=O) groups is 1. The standard InChI is InChI=1S/C22H21ClO4/c1-25-16-7-9-18-15(12-16)5-4-14(22(18)23)6-11-20(24)19-10-8-17(26-2)13-21(19)27-3/h6-13H,4-5H2,1-3H3/b11-6+. The van der Waals surface area contributed by atoms with Crippen molar-refractivity contribution in [3.8, 4) is 17.2 Å². The van der Waals surface area contributed by atoms with E-state index in [1.54, 1.807) is 38.5 Å². The number of ketones is 1. The van der Waals surface area contributed by atoms with E-state index in [-0.39, 0.29) is 5.78 Å². The van der Waals surface area contributed by atoms with Gasteiger partial charge in [-0.25, -0.2) is 0 Å². The Kier molecular flexibility index (Phi) is 5.87. The molecule has 0 aromatic heterocycles. The summed E-state index contributed by atoms with van der Waals surface area (Å²) in [7, 11) is 4.75. The van der Waals surface area contributed by atoms with Gasteiger partial charge in [0.05, 0.1) is 31.9 Å². The monoisotopic (exact) mass is 384 g/mol. The highest BCUT2D eigenvalue weighted by Crippen LogP contribution is 2.36. The lowest BCUT2D eigenvalue weighted by Gasteiger charge is -2.18. The van der Waals surface area contributed by atoms with Crippen LogP contribution in [-0.4, -0.2) is 27.1 Å².